The highest BCUT2D eigenvalue weighted by molar-refractivity contribution is 5.85. The van der Waals surface area contributed by atoms with Gasteiger partial charge in [0.05, 0.1) is 13.0 Å². The van der Waals surface area contributed by atoms with Gasteiger partial charge in [-0.1, -0.05) is 26.0 Å². The van der Waals surface area contributed by atoms with Crippen molar-refractivity contribution in [3.05, 3.63) is 29.8 Å². The maximum Gasteiger partial charge on any atom is 0.224 e. The molecule has 5 heteroatoms. The first kappa shape index (κ1) is 19.8. The standard InChI is InChI=1S/C18H28N2O2.ClH/c1-13(2)12-22-17-6-4-15(5-7-17)11-18(21)20-16-8-9-19-14(3)10-16;/h4-7,13-14,16,19H,8-12H2,1-3H3,(H,20,21);1H. The molecule has 2 rings (SSSR count). The van der Waals surface area contributed by atoms with E-state index in [1.165, 1.54) is 0 Å². The Bertz CT molecular complexity index is 476. The number of benzene rings is 1. The van der Waals surface area contributed by atoms with Crippen molar-refractivity contribution < 1.29 is 9.53 Å². The van der Waals surface area contributed by atoms with Gasteiger partial charge in [-0.2, -0.15) is 0 Å². The molecular weight excluding hydrogens is 312 g/mol. The van der Waals surface area contributed by atoms with Gasteiger partial charge in [-0.15, -0.1) is 12.4 Å². The van der Waals surface area contributed by atoms with Crippen LogP contribution in [0.3, 0.4) is 0 Å². The van der Waals surface area contributed by atoms with Crippen LogP contribution >= 0.6 is 12.4 Å². The highest BCUT2D eigenvalue weighted by atomic mass is 35.5. The maximum atomic E-state index is 12.1. The van der Waals surface area contributed by atoms with Crippen LogP contribution in [0.5, 0.6) is 5.75 Å². The fraction of sp³-hybridized carbons (Fsp3) is 0.611. The summed E-state index contributed by atoms with van der Waals surface area (Å²) >= 11 is 0. The molecule has 23 heavy (non-hydrogen) atoms. The van der Waals surface area contributed by atoms with E-state index in [2.05, 4.69) is 31.4 Å². The van der Waals surface area contributed by atoms with Gasteiger partial charge in [-0.25, -0.2) is 0 Å². The zero-order valence-electron chi connectivity index (χ0n) is 14.3. The molecule has 0 aliphatic carbocycles. The average molecular weight is 341 g/mol. The second-order valence-electron chi connectivity index (χ2n) is 6.67. The van der Waals surface area contributed by atoms with Gasteiger partial charge in [0.15, 0.2) is 0 Å². The molecule has 1 aliphatic rings. The van der Waals surface area contributed by atoms with E-state index in [0.717, 1.165) is 30.7 Å². The largest absolute Gasteiger partial charge is 0.493 e. The summed E-state index contributed by atoms with van der Waals surface area (Å²) in [6.07, 6.45) is 2.45. The Balaban J connectivity index is 0.00000264. The minimum atomic E-state index is 0. The highest BCUT2D eigenvalue weighted by Crippen LogP contribution is 2.14. The molecule has 1 amide bonds. The number of ether oxygens (including phenoxy) is 1. The summed E-state index contributed by atoms with van der Waals surface area (Å²) in [4.78, 5) is 12.1. The molecule has 0 spiro atoms. The van der Waals surface area contributed by atoms with Crippen molar-refractivity contribution in [2.24, 2.45) is 5.92 Å². The van der Waals surface area contributed by atoms with Gasteiger partial charge in [0.25, 0.3) is 0 Å². The van der Waals surface area contributed by atoms with Gasteiger partial charge >= 0.3 is 0 Å². The van der Waals surface area contributed by atoms with Crippen LogP contribution in [0.4, 0.5) is 0 Å². The second-order valence-corrected chi connectivity index (χ2v) is 6.67. The number of piperidine rings is 1. The summed E-state index contributed by atoms with van der Waals surface area (Å²) in [5, 5.41) is 6.54. The van der Waals surface area contributed by atoms with E-state index in [1.54, 1.807) is 0 Å². The first-order chi connectivity index (χ1) is 10.5. The molecular formula is C18H29ClN2O2. The molecule has 2 N–H and O–H groups in total. The Kier molecular flexibility index (Phi) is 8.42. The average Bonchev–Trinajstić information content (AvgIpc) is 2.46. The number of rotatable bonds is 6. The van der Waals surface area contributed by atoms with Gasteiger partial charge < -0.3 is 15.4 Å². The van der Waals surface area contributed by atoms with Crippen LogP contribution in [0.2, 0.25) is 0 Å². The van der Waals surface area contributed by atoms with E-state index in [1.807, 2.05) is 24.3 Å². The summed E-state index contributed by atoms with van der Waals surface area (Å²) in [6, 6.07) is 8.62. The molecule has 1 saturated heterocycles. The topological polar surface area (TPSA) is 50.4 Å². The Hall–Kier alpha value is -1.26. The molecule has 0 aromatic heterocycles. The molecule has 1 aromatic rings. The van der Waals surface area contributed by atoms with Gasteiger partial charge in [-0.05, 0) is 49.9 Å². The highest BCUT2D eigenvalue weighted by Gasteiger charge is 2.19. The molecule has 1 aliphatic heterocycles. The van der Waals surface area contributed by atoms with Crippen molar-refractivity contribution in [3.63, 3.8) is 0 Å². The third kappa shape index (κ3) is 7.23. The minimum Gasteiger partial charge on any atom is -0.493 e. The summed E-state index contributed by atoms with van der Waals surface area (Å²) in [7, 11) is 0. The number of amides is 1. The molecule has 0 bridgehead atoms. The van der Waals surface area contributed by atoms with E-state index in [0.29, 0.717) is 31.0 Å². The number of nitrogens with one attached hydrogen (secondary N) is 2. The van der Waals surface area contributed by atoms with Crippen molar-refractivity contribution in [1.29, 1.82) is 0 Å². The lowest BCUT2D eigenvalue weighted by Crippen LogP contribution is -2.46. The molecule has 1 aromatic carbocycles. The third-order valence-electron chi connectivity index (χ3n) is 3.86. The van der Waals surface area contributed by atoms with Crippen molar-refractivity contribution in [1.82, 2.24) is 10.6 Å². The van der Waals surface area contributed by atoms with E-state index in [9.17, 15) is 4.79 Å². The number of carbonyl (C=O) groups is 1. The van der Waals surface area contributed by atoms with Crippen LogP contribution in [-0.2, 0) is 11.2 Å². The summed E-state index contributed by atoms with van der Waals surface area (Å²) < 4.78 is 5.65. The Morgan fingerprint density at radius 1 is 1.35 bits per heavy atom. The third-order valence-corrected chi connectivity index (χ3v) is 3.86. The number of halogens is 1. The van der Waals surface area contributed by atoms with Gasteiger partial charge in [0.2, 0.25) is 5.91 Å². The first-order valence-corrected chi connectivity index (χ1v) is 8.27. The van der Waals surface area contributed by atoms with Crippen molar-refractivity contribution in [2.75, 3.05) is 13.2 Å². The maximum absolute atomic E-state index is 12.1. The van der Waals surface area contributed by atoms with E-state index < -0.39 is 0 Å². The molecule has 2 atom stereocenters. The quantitative estimate of drug-likeness (QED) is 0.837. The van der Waals surface area contributed by atoms with Crippen molar-refractivity contribution in [3.8, 4) is 5.75 Å². The molecule has 0 radical (unpaired) electrons. The van der Waals surface area contributed by atoms with Crippen molar-refractivity contribution in [2.45, 2.75) is 52.1 Å². The van der Waals surface area contributed by atoms with E-state index in [-0.39, 0.29) is 18.3 Å². The predicted molar refractivity (Wildman–Crippen MR) is 96.4 cm³/mol. The Morgan fingerprint density at radius 3 is 2.65 bits per heavy atom. The zero-order valence-corrected chi connectivity index (χ0v) is 15.1. The van der Waals surface area contributed by atoms with Crippen LogP contribution in [-0.4, -0.2) is 31.1 Å². The molecule has 1 fully saturated rings. The first-order valence-electron chi connectivity index (χ1n) is 8.27. The lowest BCUT2D eigenvalue weighted by molar-refractivity contribution is -0.121. The van der Waals surface area contributed by atoms with Crippen molar-refractivity contribution >= 4 is 18.3 Å². The van der Waals surface area contributed by atoms with Crippen LogP contribution < -0.4 is 15.4 Å². The number of hydrogen-bond acceptors (Lipinski definition) is 3. The SMILES string of the molecule is CC(C)COc1ccc(CC(=O)NC2CCNC(C)C2)cc1.Cl. The fourth-order valence-corrected chi connectivity index (χ4v) is 2.69. The fourth-order valence-electron chi connectivity index (χ4n) is 2.69. The Morgan fingerprint density at radius 2 is 2.04 bits per heavy atom. The summed E-state index contributed by atoms with van der Waals surface area (Å²) in [5.41, 5.74) is 1.02. The van der Waals surface area contributed by atoms with Gasteiger partial charge in [-0.3, -0.25) is 4.79 Å². The second kappa shape index (κ2) is 9.78. The van der Waals surface area contributed by atoms with E-state index in [4.69, 9.17) is 4.74 Å². The molecule has 1 heterocycles. The minimum absolute atomic E-state index is 0. The smallest absolute Gasteiger partial charge is 0.224 e. The number of hydrogen-bond donors (Lipinski definition) is 2. The lowest BCUT2D eigenvalue weighted by Gasteiger charge is -2.28. The monoisotopic (exact) mass is 340 g/mol. The predicted octanol–water partition coefficient (Wildman–Crippen LogP) is 2.94. The normalized spacial score (nSPS) is 20.7. The van der Waals surface area contributed by atoms with Gasteiger partial charge in [0, 0.05) is 12.1 Å². The molecule has 4 nitrogen and oxygen atoms in total. The van der Waals surface area contributed by atoms with Crippen LogP contribution in [0.25, 0.3) is 0 Å². The summed E-state index contributed by atoms with van der Waals surface area (Å²) in [5.74, 6) is 1.48. The number of carbonyl (C=O) groups excluding carboxylic acids is 1. The zero-order chi connectivity index (χ0) is 15.9. The van der Waals surface area contributed by atoms with Crippen LogP contribution in [0.1, 0.15) is 39.2 Å². The Labute approximate surface area is 145 Å². The molecule has 0 saturated carbocycles. The lowest BCUT2D eigenvalue weighted by atomic mass is 10.0. The van der Waals surface area contributed by atoms with Crippen LogP contribution in [0, 0.1) is 5.92 Å². The van der Waals surface area contributed by atoms with E-state index >= 15 is 0 Å². The molecule has 130 valence electrons. The van der Waals surface area contributed by atoms with Crippen LogP contribution in [0.15, 0.2) is 24.3 Å². The molecule has 2 unspecified atom stereocenters. The summed E-state index contributed by atoms with van der Waals surface area (Å²) in [6.45, 7) is 8.11. The van der Waals surface area contributed by atoms with Gasteiger partial charge in [0.1, 0.15) is 5.75 Å².